The lowest BCUT2D eigenvalue weighted by molar-refractivity contribution is 0.610. The predicted octanol–water partition coefficient (Wildman–Crippen LogP) is 4.39. The maximum Gasteiger partial charge on any atom is 0.137 e. The van der Waals surface area contributed by atoms with Gasteiger partial charge in [-0.3, -0.25) is 0 Å². The number of benzene rings is 2. The maximum absolute atomic E-state index is 13.7. The zero-order valence-corrected chi connectivity index (χ0v) is 13.0. The predicted molar refractivity (Wildman–Crippen MR) is 83.5 cm³/mol. The van der Waals surface area contributed by atoms with Crippen molar-refractivity contribution < 1.29 is 4.39 Å². The molecule has 3 rings (SSSR count). The van der Waals surface area contributed by atoms with E-state index in [4.69, 9.17) is 0 Å². The van der Waals surface area contributed by atoms with Gasteiger partial charge in [0.15, 0.2) is 0 Å². The van der Waals surface area contributed by atoms with Gasteiger partial charge in [-0.15, -0.1) is 0 Å². The molecule has 0 spiro atoms. The average molecular weight is 334 g/mol. The Morgan fingerprint density at radius 3 is 2.50 bits per heavy atom. The van der Waals surface area contributed by atoms with E-state index in [0.717, 1.165) is 12.0 Å². The standard InChI is InChI=1S/C17H17BrFN/c1-20-17(14-7-8-15(18)16(19)10-14)13-6-5-11-3-2-4-12(11)9-13/h5-10,17,20H,2-4H2,1H3. The van der Waals surface area contributed by atoms with E-state index in [1.807, 2.05) is 13.1 Å². The molecule has 1 atom stereocenters. The molecule has 0 bridgehead atoms. The van der Waals surface area contributed by atoms with Crippen molar-refractivity contribution in [2.45, 2.75) is 25.3 Å². The molecule has 3 heteroatoms. The molecule has 0 amide bonds. The Kier molecular flexibility index (Phi) is 3.90. The summed E-state index contributed by atoms with van der Waals surface area (Å²) in [4.78, 5) is 0. The zero-order valence-electron chi connectivity index (χ0n) is 11.4. The van der Waals surface area contributed by atoms with Crippen LogP contribution in [0.4, 0.5) is 4.39 Å². The SMILES string of the molecule is CNC(c1ccc(Br)c(F)c1)c1ccc2c(c1)CCC2. The van der Waals surface area contributed by atoms with Crippen LogP contribution in [0.15, 0.2) is 40.9 Å². The van der Waals surface area contributed by atoms with Crippen LogP contribution in [0.3, 0.4) is 0 Å². The first-order chi connectivity index (χ1) is 9.69. The van der Waals surface area contributed by atoms with Gasteiger partial charge in [0.25, 0.3) is 0 Å². The minimum atomic E-state index is -0.219. The number of fused-ring (bicyclic) bond motifs is 1. The molecule has 0 fully saturated rings. The summed E-state index contributed by atoms with van der Waals surface area (Å²) in [6.45, 7) is 0. The molecule has 1 aliphatic carbocycles. The van der Waals surface area contributed by atoms with Crippen molar-refractivity contribution >= 4 is 15.9 Å². The van der Waals surface area contributed by atoms with Crippen LogP contribution in [-0.4, -0.2) is 7.05 Å². The van der Waals surface area contributed by atoms with Gasteiger partial charge >= 0.3 is 0 Å². The van der Waals surface area contributed by atoms with Crippen LogP contribution in [0, 0.1) is 5.82 Å². The monoisotopic (exact) mass is 333 g/mol. The van der Waals surface area contributed by atoms with E-state index < -0.39 is 0 Å². The Labute approximate surface area is 127 Å². The van der Waals surface area contributed by atoms with Gasteiger partial charge in [-0.1, -0.05) is 24.3 Å². The Morgan fingerprint density at radius 2 is 1.75 bits per heavy atom. The summed E-state index contributed by atoms with van der Waals surface area (Å²) < 4.78 is 14.2. The van der Waals surface area contributed by atoms with Crippen molar-refractivity contribution in [3.05, 3.63) is 68.9 Å². The summed E-state index contributed by atoms with van der Waals surface area (Å²) in [6.07, 6.45) is 3.59. The van der Waals surface area contributed by atoms with Gasteiger partial charge in [0.2, 0.25) is 0 Å². The van der Waals surface area contributed by atoms with Gasteiger partial charge in [-0.2, -0.15) is 0 Å². The van der Waals surface area contributed by atoms with Crippen molar-refractivity contribution in [2.24, 2.45) is 0 Å². The van der Waals surface area contributed by atoms with E-state index >= 15 is 0 Å². The minimum Gasteiger partial charge on any atom is -0.309 e. The van der Waals surface area contributed by atoms with Crippen molar-refractivity contribution in [3.8, 4) is 0 Å². The summed E-state index contributed by atoms with van der Waals surface area (Å²) in [6, 6.07) is 12.0. The Bertz CT molecular complexity index is 639. The number of hydrogen-bond acceptors (Lipinski definition) is 1. The number of nitrogens with one attached hydrogen (secondary N) is 1. The van der Waals surface area contributed by atoms with Crippen LogP contribution in [0.25, 0.3) is 0 Å². The minimum absolute atomic E-state index is 0.0310. The van der Waals surface area contributed by atoms with Gasteiger partial charge in [0.05, 0.1) is 10.5 Å². The largest absolute Gasteiger partial charge is 0.309 e. The molecule has 2 aromatic carbocycles. The van der Waals surface area contributed by atoms with Gasteiger partial charge in [-0.05, 0) is 76.6 Å². The molecular formula is C17H17BrFN. The van der Waals surface area contributed by atoms with Crippen molar-refractivity contribution in [3.63, 3.8) is 0 Å². The van der Waals surface area contributed by atoms with Crippen LogP contribution in [0.2, 0.25) is 0 Å². The average Bonchev–Trinajstić information content (AvgIpc) is 2.91. The summed E-state index contributed by atoms with van der Waals surface area (Å²) in [5.74, 6) is -0.219. The molecule has 0 saturated carbocycles. The van der Waals surface area contributed by atoms with E-state index in [-0.39, 0.29) is 11.9 Å². The highest BCUT2D eigenvalue weighted by molar-refractivity contribution is 9.10. The molecule has 20 heavy (non-hydrogen) atoms. The molecular weight excluding hydrogens is 317 g/mol. The summed E-state index contributed by atoms with van der Waals surface area (Å²) in [5, 5.41) is 3.29. The fraction of sp³-hybridized carbons (Fsp3) is 0.294. The zero-order chi connectivity index (χ0) is 14.1. The summed E-state index contributed by atoms with van der Waals surface area (Å²) >= 11 is 3.20. The molecule has 104 valence electrons. The van der Waals surface area contributed by atoms with Gasteiger partial charge < -0.3 is 5.32 Å². The Balaban J connectivity index is 1.98. The van der Waals surface area contributed by atoms with Crippen LogP contribution in [-0.2, 0) is 12.8 Å². The van der Waals surface area contributed by atoms with E-state index in [1.165, 1.54) is 29.5 Å². The number of halogens is 2. The highest BCUT2D eigenvalue weighted by Gasteiger charge is 2.17. The smallest absolute Gasteiger partial charge is 0.137 e. The Morgan fingerprint density at radius 1 is 1.05 bits per heavy atom. The van der Waals surface area contributed by atoms with E-state index in [0.29, 0.717) is 4.47 Å². The second-order valence-corrected chi connectivity index (χ2v) is 6.13. The lowest BCUT2D eigenvalue weighted by atomic mass is 9.96. The van der Waals surface area contributed by atoms with Crippen LogP contribution < -0.4 is 5.32 Å². The van der Waals surface area contributed by atoms with Crippen molar-refractivity contribution in [1.29, 1.82) is 0 Å². The third-order valence-corrected chi connectivity index (χ3v) is 4.66. The lowest BCUT2D eigenvalue weighted by Crippen LogP contribution is -2.18. The molecule has 0 aromatic heterocycles. The molecule has 1 unspecified atom stereocenters. The van der Waals surface area contributed by atoms with Crippen LogP contribution in [0.1, 0.15) is 34.7 Å². The first-order valence-electron chi connectivity index (χ1n) is 6.93. The maximum atomic E-state index is 13.7. The molecule has 2 aromatic rings. The lowest BCUT2D eigenvalue weighted by Gasteiger charge is -2.18. The van der Waals surface area contributed by atoms with Crippen molar-refractivity contribution in [1.82, 2.24) is 5.32 Å². The van der Waals surface area contributed by atoms with Gasteiger partial charge in [0.1, 0.15) is 5.82 Å². The third-order valence-electron chi connectivity index (χ3n) is 4.02. The second kappa shape index (κ2) is 5.66. The molecule has 0 saturated heterocycles. The highest BCUT2D eigenvalue weighted by Crippen LogP contribution is 2.29. The topological polar surface area (TPSA) is 12.0 Å². The molecule has 0 aliphatic heterocycles. The number of hydrogen-bond donors (Lipinski definition) is 1. The summed E-state index contributed by atoms with van der Waals surface area (Å²) in [5.41, 5.74) is 5.06. The molecule has 1 aliphatic rings. The fourth-order valence-corrected chi connectivity index (χ4v) is 3.24. The number of aryl methyl sites for hydroxylation is 2. The van der Waals surface area contributed by atoms with E-state index in [1.54, 1.807) is 12.1 Å². The Hall–Kier alpha value is -1.19. The van der Waals surface area contributed by atoms with Gasteiger partial charge in [-0.25, -0.2) is 4.39 Å². The molecule has 1 nitrogen and oxygen atoms in total. The van der Waals surface area contributed by atoms with Crippen LogP contribution >= 0.6 is 15.9 Å². The molecule has 0 heterocycles. The van der Waals surface area contributed by atoms with E-state index in [2.05, 4.69) is 39.4 Å². The van der Waals surface area contributed by atoms with Gasteiger partial charge in [0, 0.05) is 0 Å². The first kappa shape index (κ1) is 13.8. The number of rotatable bonds is 3. The second-order valence-electron chi connectivity index (χ2n) is 5.28. The van der Waals surface area contributed by atoms with Crippen LogP contribution in [0.5, 0.6) is 0 Å². The normalized spacial score (nSPS) is 15.2. The summed E-state index contributed by atoms with van der Waals surface area (Å²) in [7, 11) is 1.91. The first-order valence-corrected chi connectivity index (χ1v) is 7.72. The molecule has 1 N–H and O–H groups in total. The third kappa shape index (κ3) is 2.52. The fourth-order valence-electron chi connectivity index (χ4n) is 2.99. The quantitative estimate of drug-likeness (QED) is 0.878. The van der Waals surface area contributed by atoms with Crippen molar-refractivity contribution in [2.75, 3.05) is 7.05 Å². The van der Waals surface area contributed by atoms with E-state index in [9.17, 15) is 4.39 Å². The highest BCUT2D eigenvalue weighted by atomic mass is 79.9. The molecule has 0 radical (unpaired) electrons.